The summed E-state index contributed by atoms with van der Waals surface area (Å²) in [7, 11) is 2.02. The molecule has 1 amide bonds. The van der Waals surface area contributed by atoms with Crippen molar-refractivity contribution in [1.29, 1.82) is 0 Å². The average molecular weight is 282 g/mol. The third kappa shape index (κ3) is 8.57. The normalized spacial score (nSPS) is 14.9. The van der Waals surface area contributed by atoms with Crippen LogP contribution >= 0.6 is 0 Å². The molecule has 0 saturated carbocycles. The van der Waals surface area contributed by atoms with Gasteiger partial charge in [0.2, 0.25) is 5.91 Å². The molecule has 0 aromatic rings. The zero-order chi connectivity index (χ0) is 14.5. The zero-order valence-corrected chi connectivity index (χ0v) is 13.5. The number of nitrogens with zero attached hydrogens (tertiary/aromatic N) is 1. The molecule has 1 fully saturated rings. The van der Waals surface area contributed by atoms with E-state index in [9.17, 15) is 4.79 Å². The second-order valence-electron chi connectivity index (χ2n) is 6.12. The number of unbranched alkanes of at least 4 members (excludes halogenated alkanes) is 8. The number of likely N-dealkylation sites (tertiary alicyclic amines) is 1. The van der Waals surface area contributed by atoms with Crippen molar-refractivity contribution in [3.63, 3.8) is 0 Å². The van der Waals surface area contributed by atoms with Gasteiger partial charge in [0.25, 0.3) is 0 Å². The van der Waals surface area contributed by atoms with Crippen LogP contribution < -0.4 is 5.32 Å². The first-order valence-electron chi connectivity index (χ1n) is 8.77. The molecule has 1 saturated heterocycles. The van der Waals surface area contributed by atoms with Gasteiger partial charge in [0.15, 0.2) is 0 Å². The maximum absolute atomic E-state index is 11.8. The molecule has 0 atom stereocenters. The van der Waals surface area contributed by atoms with E-state index in [4.69, 9.17) is 0 Å². The topological polar surface area (TPSA) is 32.3 Å². The standard InChI is InChI=1S/C17H34N2O/c1-18-14-10-8-6-4-2-3-5-7-9-13-17(20)19-15-11-12-16-19/h18H,2-16H2,1H3. The van der Waals surface area contributed by atoms with Crippen LogP contribution in [-0.2, 0) is 4.79 Å². The molecule has 3 nitrogen and oxygen atoms in total. The molecule has 1 heterocycles. The molecule has 1 N–H and O–H groups in total. The first kappa shape index (κ1) is 17.5. The molecule has 0 unspecified atom stereocenters. The third-order valence-corrected chi connectivity index (χ3v) is 4.28. The van der Waals surface area contributed by atoms with Crippen molar-refractivity contribution in [2.45, 2.75) is 77.0 Å². The highest BCUT2D eigenvalue weighted by Gasteiger charge is 2.16. The van der Waals surface area contributed by atoms with Gasteiger partial charge in [-0.15, -0.1) is 0 Å². The second-order valence-corrected chi connectivity index (χ2v) is 6.12. The van der Waals surface area contributed by atoms with Gasteiger partial charge in [-0.05, 0) is 39.3 Å². The van der Waals surface area contributed by atoms with Gasteiger partial charge in [-0.1, -0.05) is 44.9 Å². The van der Waals surface area contributed by atoms with E-state index in [1.165, 1.54) is 64.2 Å². The molecule has 0 spiro atoms. The maximum Gasteiger partial charge on any atom is 0.222 e. The van der Waals surface area contributed by atoms with Gasteiger partial charge in [-0.25, -0.2) is 0 Å². The molecule has 3 heteroatoms. The van der Waals surface area contributed by atoms with Gasteiger partial charge in [0, 0.05) is 19.5 Å². The fourth-order valence-corrected chi connectivity index (χ4v) is 2.94. The molecule has 0 radical (unpaired) electrons. The van der Waals surface area contributed by atoms with Crippen LogP contribution in [0.4, 0.5) is 0 Å². The first-order chi connectivity index (χ1) is 9.84. The first-order valence-corrected chi connectivity index (χ1v) is 8.77. The van der Waals surface area contributed by atoms with Crippen LogP contribution in [0.1, 0.15) is 77.0 Å². The van der Waals surface area contributed by atoms with Gasteiger partial charge in [-0.2, -0.15) is 0 Å². The quantitative estimate of drug-likeness (QED) is 0.553. The minimum absolute atomic E-state index is 0.395. The number of hydrogen-bond acceptors (Lipinski definition) is 2. The Morgan fingerprint density at radius 1 is 0.850 bits per heavy atom. The van der Waals surface area contributed by atoms with E-state index in [-0.39, 0.29) is 0 Å². The van der Waals surface area contributed by atoms with E-state index in [1.54, 1.807) is 0 Å². The van der Waals surface area contributed by atoms with Crippen molar-refractivity contribution < 1.29 is 4.79 Å². The van der Waals surface area contributed by atoms with Crippen molar-refractivity contribution in [3.05, 3.63) is 0 Å². The Balaban J connectivity index is 1.77. The Bertz CT molecular complexity index is 237. The summed E-state index contributed by atoms with van der Waals surface area (Å²) in [5.41, 5.74) is 0. The molecule has 118 valence electrons. The van der Waals surface area contributed by atoms with Crippen molar-refractivity contribution in [1.82, 2.24) is 10.2 Å². The Morgan fingerprint density at radius 2 is 1.35 bits per heavy atom. The van der Waals surface area contributed by atoms with E-state index in [0.717, 1.165) is 32.5 Å². The third-order valence-electron chi connectivity index (χ3n) is 4.28. The number of rotatable bonds is 12. The zero-order valence-electron chi connectivity index (χ0n) is 13.5. The summed E-state index contributed by atoms with van der Waals surface area (Å²) >= 11 is 0. The van der Waals surface area contributed by atoms with Gasteiger partial charge in [-0.3, -0.25) is 4.79 Å². The number of carbonyl (C=O) groups excluding carboxylic acids is 1. The fourth-order valence-electron chi connectivity index (χ4n) is 2.94. The van der Waals surface area contributed by atoms with E-state index >= 15 is 0 Å². The molecule has 0 aliphatic carbocycles. The van der Waals surface area contributed by atoms with Crippen LogP contribution in [0.15, 0.2) is 0 Å². The highest BCUT2D eigenvalue weighted by molar-refractivity contribution is 5.76. The predicted octanol–water partition coefficient (Wildman–Crippen LogP) is 3.73. The molecule has 1 rings (SSSR count). The molecular weight excluding hydrogens is 248 g/mol. The van der Waals surface area contributed by atoms with Crippen molar-refractivity contribution in [2.75, 3.05) is 26.7 Å². The summed E-state index contributed by atoms with van der Waals surface area (Å²) in [4.78, 5) is 13.9. The number of hydrogen-bond donors (Lipinski definition) is 1. The Hall–Kier alpha value is -0.570. The minimum atomic E-state index is 0.395. The van der Waals surface area contributed by atoms with Crippen LogP contribution in [-0.4, -0.2) is 37.5 Å². The lowest BCUT2D eigenvalue weighted by Crippen LogP contribution is -2.27. The Morgan fingerprint density at radius 3 is 1.90 bits per heavy atom. The summed E-state index contributed by atoms with van der Waals surface area (Å²) in [6.07, 6.45) is 15.0. The van der Waals surface area contributed by atoms with E-state index in [2.05, 4.69) is 5.32 Å². The molecule has 0 aromatic carbocycles. The lowest BCUT2D eigenvalue weighted by atomic mass is 10.1. The predicted molar refractivity (Wildman–Crippen MR) is 85.9 cm³/mol. The summed E-state index contributed by atoms with van der Waals surface area (Å²) in [6, 6.07) is 0. The Labute approximate surface area is 125 Å². The van der Waals surface area contributed by atoms with Gasteiger partial charge in [0.1, 0.15) is 0 Å². The lowest BCUT2D eigenvalue weighted by Gasteiger charge is -2.14. The molecule has 1 aliphatic rings. The molecule has 0 aromatic heterocycles. The van der Waals surface area contributed by atoms with Crippen LogP contribution in [0, 0.1) is 0 Å². The summed E-state index contributed by atoms with van der Waals surface area (Å²) in [6.45, 7) is 3.17. The highest BCUT2D eigenvalue weighted by Crippen LogP contribution is 2.13. The van der Waals surface area contributed by atoms with Gasteiger partial charge < -0.3 is 10.2 Å². The smallest absolute Gasteiger partial charge is 0.222 e. The average Bonchev–Trinajstić information content (AvgIpc) is 2.99. The van der Waals surface area contributed by atoms with Crippen LogP contribution in [0.5, 0.6) is 0 Å². The number of amides is 1. The van der Waals surface area contributed by atoms with Gasteiger partial charge in [0.05, 0.1) is 0 Å². The van der Waals surface area contributed by atoms with Crippen LogP contribution in [0.3, 0.4) is 0 Å². The SMILES string of the molecule is CNCCCCCCCCCCCC(=O)N1CCCC1. The summed E-state index contributed by atoms with van der Waals surface area (Å²) in [5, 5.41) is 3.19. The van der Waals surface area contributed by atoms with E-state index in [1.807, 2.05) is 11.9 Å². The van der Waals surface area contributed by atoms with Crippen molar-refractivity contribution in [3.8, 4) is 0 Å². The van der Waals surface area contributed by atoms with E-state index < -0.39 is 0 Å². The van der Waals surface area contributed by atoms with Crippen molar-refractivity contribution in [2.24, 2.45) is 0 Å². The largest absolute Gasteiger partial charge is 0.343 e. The fraction of sp³-hybridized carbons (Fsp3) is 0.941. The summed E-state index contributed by atoms with van der Waals surface area (Å²) in [5.74, 6) is 0.395. The Kier molecular flexibility index (Phi) is 10.7. The second kappa shape index (κ2) is 12.2. The number of carbonyl (C=O) groups is 1. The molecule has 20 heavy (non-hydrogen) atoms. The van der Waals surface area contributed by atoms with Crippen molar-refractivity contribution >= 4 is 5.91 Å². The van der Waals surface area contributed by atoms with E-state index in [0.29, 0.717) is 5.91 Å². The van der Waals surface area contributed by atoms with Gasteiger partial charge >= 0.3 is 0 Å². The summed E-state index contributed by atoms with van der Waals surface area (Å²) < 4.78 is 0. The highest BCUT2D eigenvalue weighted by atomic mass is 16.2. The number of nitrogens with one attached hydrogen (secondary N) is 1. The monoisotopic (exact) mass is 282 g/mol. The molecule has 0 bridgehead atoms. The van der Waals surface area contributed by atoms with Crippen LogP contribution in [0.25, 0.3) is 0 Å². The lowest BCUT2D eigenvalue weighted by molar-refractivity contribution is -0.130. The molecule has 1 aliphatic heterocycles. The molecular formula is C17H34N2O. The minimum Gasteiger partial charge on any atom is -0.343 e. The maximum atomic E-state index is 11.8. The van der Waals surface area contributed by atoms with Crippen LogP contribution in [0.2, 0.25) is 0 Å².